The van der Waals surface area contributed by atoms with Crippen LogP contribution in [0.2, 0.25) is 0 Å². The Balaban J connectivity index is 1.60. The molecule has 0 spiro atoms. The van der Waals surface area contributed by atoms with Gasteiger partial charge in [0.05, 0.1) is 11.9 Å². The van der Waals surface area contributed by atoms with Crippen LogP contribution in [-0.2, 0) is 24.3 Å². The first-order valence-electron chi connectivity index (χ1n) is 9.55. The maximum absolute atomic E-state index is 13.1. The minimum absolute atomic E-state index is 0.162. The number of hydrogen-bond acceptors (Lipinski definition) is 5. The molecule has 0 bridgehead atoms. The van der Waals surface area contributed by atoms with E-state index in [4.69, 9.17) is 0 Å². The monoisotopic (exact) mass is 420 g/mol. The van der Waals surface area contributed by atoms with Gasteiger partial charge in [0.15, 0.2) is 0 Å². The Bertz CT molecular complexity index is 1280. The fraction of sp³-hybridized carbons (Fsp3) is 0.182. The summed E-state index contributed by atoms with van der Waals surface area (Å²) in [6, 6.07) is 16.8. The van der Waals surface area contributed by atoms with E-state index in [1.807, 2.05) is 47.8 Å². The maximum atomic E-state index is 13.1. The summed E-state index contributed by atoms with van der Waals surface area (Å²) in [7, 11) is 0. The van der Waals surface area contributed by atoms with E-state index in [0.29, 0.717) is 18.4 Å². The van der Waals surface area contributed by atoms with Gasteiger partial charge in [-0.05, 0) is 35.6 Å². The third-order valence-corrected chi connectivity index (χ3v) is 5.62. The zero-order valence-electron chi connectivity index (χ0n) is 16.2. The molecule has 0 saturated heterocycles. The fourth-order valence-electron chi connectivity index (χ4n) is 3.28. The summed E-state index contributed by atoms with van der Waals surface area (Å²) in [6.45, 7) is 0.416. The number of fused-ring (bicyclic) bond motifs is 1. The summed E-state index contributed by atoms with van der Waals surface area (Å²) >= 11 is 1.47. The third kappa shape index (κ3) is 4.23. The van der Waals surface area contributed by atoms with Crippen LogP contribution in [0.1, 0.15) is 10.4 Å². The van der Waals surface area contributed by atoms with Crippen LogP contribution in [0.25, 0.3) is 11.0 Å². The Morgan fingerprint density at radius 3 is 2.60 bits per heavy atom. The number of aromatic nitrogens is 3. The molecular formula is C22H20N4O3S. The van der Waals surface area contributed by atoms with Gasteiger partial charge >= 0.3 is 5.69 Å². The second-order valence-corrected chi connectivity index (χ2v) is 7.83. The number of thiophene rings is 1. The lowest BCUT2D eigenvalue weighted by atomic mass is 10.1. The van der Waals surface area contributed by atoms with E-state index in [9.17, 15) is 14.4 Å². The van der Waals surface area contributed by atoms with Gasteiger partial charge in [-0.15, -0.1) is 11.3 Å². The Labute approximate surface area is 176 Å². The van der Waals surface area contributed by atoms with E-state index in [0.717, 1.165) is 15.0 Å². The topological polar surface area (TPSA) is 86.0 Å². The van der Waals surface area contributed by atoms with E-state index < -0.39 is 11.2 Å². The molecule has 4 aromatic rings. The average molecular weight is 420 g/mol. The van der Waals surface area contributed by atoms with Gasteiger partial charge in [-0.2, -0.15) is 0 Å². The van der Waals surface area contributed by atoms with Gasteiger partial charge in [-0.3, -0.25) is 18.7 Å². The van der Waals surface area contributed by atoms with Gasteiger partial charge in [0.1, 0.15) is 12.2 Å². The molecule has 0 saturated carbocycles. The summed E-state index contributed by atoms with van der Waals surface area (Å²) in [4.78, 5) is 43.5. The van der Waals surface area contributed by atoms with Gasteiger partial charge in [0, 0.05) is 17.6 Å². The molecule has 0 unspecified atom stereocenters. The Kier molecular flexibility index (Phi) is 5.85. The lowest BCUT2D eigenvalue weighted by molar-refractivity contribution is -0.121. The van der Waals surface area contributed by atoms with Crippen molar-refractivity contribution in [2.24, 2.45) is 0 Å². The largest absolute Gasteiger partial charge is 0.354 e. The zero-order valence-corrected chi connectivity index (χ0v) is 17.0. The van der Waals surface area contributed by atoms with Crippen LogP contribution >= 0.6 is 11.3 Å². The molecule has 0 aliphatic heterocycles. The lowest BCUT2D eigenvalue weighted by Crippen LogP contribution is -2.43. The molecule has 1 amide bonds. The number of nitrogens with one attached hydrogen (secondary N) is 1. The van der Waals surface area contributed by atoms with E-state index in [1.165, 1.54) is 22.1 Å². The van der Waals surface area contributed by atoms with Gasteiger partial charge < -0.3 is 5.32 Å². The van der Waals surface area contributed by atoms with Crippen molar-refractivity contribution in [3.63, 3.8) is 0 Å². The highest BCUT2D eigenvalue weighted by Gasteiger charge is 2.16. The van der Waals surface area contributed by atoms with E-state index in [2.05, 4.69) is 10.3 Å². The normalized spacial score (nSPS) is 10.9. The van der Waals surface area contributed by atoms with Crippen molar-refractivity contribution in [3.05, 3.63) is 97.5 Å². The van der Waals surface area contributed by atoms with Crippen molar-refractivity contribution in [3.8, 4) is 0 Å². The first kappa shape index (κ1) is 19.8. The van der Waals surface area contributed by atoms with Crippen molar-refractivity contribution >= 4 is 28.3 Å². The summed E-state index contributed by atoms with van der Waals surface area (Å²) in [6.07, 6.45) is 2.20. The number of hydrogen-bond donors (Lipinski definition) is 1. The smallest absolute Gasteiger partial charge is 0.333 e. The van der Waals surface area contributed by atoms with Crippen molar-refractivity contribution in [2.45, 2.75) is 19.5 Å². The molecule has 152 valence electrons. The van der Waals surface area contributed by atoms with E-state index in [1.54, 1.807) is 12.1 Å². The highest BCUT2D eigenvalue weighted by molar-refractivity contribution is 7.09. The minimum Gasteiger partial charge on any atom is -0.354 e. The first-order valence-corrected chi connectivity index (χ1v) is 10.4. The number of rotatable bonds is 7. The quantitative estimate of drug-likeness (QED) is 0.496. The zero-order chi connectivity index (χ0) is 20.9. The average Bonchev–Trinajstić information content (AvgIpc) is 3.28. The number of carbonyl (C=O) groups excluding carboxylic acids is 1. The molecule has 0 atom stereocenters. The molecule has 30 heavy (non-hydrogen) atoms. The minimum atomic E-state index is -0.544. The van der Waals surface area contributed by atoms with Crippen LogP contribution in [-0.4, -0.2) is 26.6 Å². The fourth-order valence-corrected chi connectivity index (χ4v) is 3.97. The lowest BCUT2D eigenvalue weighted by Gasteiger charge is -2.13. The molecule has 8 heteroatoms. The van der Waals surface area contributed by atoms with Crippen LogP contribution in [0.4, 0.5) is 0 Å². The molecule has 3 aromatic heterocycles. The highest BCUT2D eigenvalue weighted by Crippen LogP contribution is 2.10. The van der Waals surface area contributed by atoms with Crippen LogP contribution < -0.4 is 16.6 Å². The van der Waals surface area contributed by atoms with Crippen molar-refractivity contribution in [1.29, 1.82) is 0 Å². The van der Waals surface area contributed by atoms with Gasteiger partial charge in [0.2, 0.25) is 5.91 Å². The van der Waals surface area contributed by atoms with Crippen molar-refractivity contribution in [1.82, 2.24) is 19.4 Å². The van der Waals surface area contributed by atoms with Crippen molar-refractivity contribution in [2.75, 3.05) is 6.54 Å². The molecular weight excluding hydrogens is 400 g/mol. The Morgan fingerprint density at radius 2 is 1.83 bits per heavy atom. The second-order valence-electron chi connectivity index (χ2n) is 6.80. The third-order valence-electron chi connectivity index (χ3n) is 4.75. The Morgan fingerprint density at radius 1 is 1.00 bits per heavy atom. The molecule has 1 N–H and O–H groups in total. The van der Waals surface area contributed by atoms with Gasteiger partial charge in [-0.25, -0.2) is 9.78 Å². The number of pyridine rings is 1. The predicted molar refractivity (Wildman–Crippen MR) is 117 cm³/mol. The predicted octanol–water partition coefficient (Wildman–Crippen LogP) is 2.03. The summed E-state index contributed by atoms with van der Waals surface area (Å²) in [5, 5.41) is 5.04. The second kappa shape index (κ2) is 8.87. The van der Waals surface area contributed by atoms with Crippen LogP contribution in [0.3, 0.4) is 0 Å². The first-order chi connectivity index (χ1) is 14.6. The summed E-state index contributed by atoms with van der Waals surface area (Å²) in [5.41, 5.74) is 0.384. The van der Waals surface area contributed by atoms with Crippen LogP contribution in [0, 0.1) is 0 Å². The highest BCUT2D eigenvalue weighted by atomic mass is 32.1. The molecule has 0 aliphatic carbocycles. The number of benzene rings is 1. The molecule has 0 fully saturated rings. The molecule has 0 aliphatic rings. The molecule has 3 heterocycles. The number of amides is 1. The van der Waals surface area contributed by atoms with Crippen LogP contribution in [0.15, 0.2) is 75.8 Å². The van der Waals surface area contributed by atoms with Crippen molar-refractivity contribution < 1.29 is 4.79 Å². The Hall–Kier alpha value is -3.52. The molecule has 7 nitrogen and oxygen atoms in total. The number of carbonyl (C=O) groups is 1. The maximum Gasteiger partial charge on any atom is 0.333 e. The van der Waals surface area contributed by atoms with Gasteiger partial charge in [0.25, 0.3) is 5.56 Å². The van der Waals surface area contributed by atoms with Gasteiger partial charge in [-0.1, -0.05) is 36.4 Å². The summed E-state index contributed by atoms with van der Waals surface area (Å²) in [5.74, 6) is -0.304. The molecule has 4 rings (SSSR count). The van der Waals surface area contributed by atoms with E-state index >= 15 is 0 Å². The molecule has 0 radical (unpaired) electrons. The standard InChI is InChI=1S/C22H20N4O3S/c27-19(23-12-10-16-6-2-1-3-7-16)15-25-20-18(9-4-11-24-20)21(28)26(22(25)29)14-17-8-5-13-30-17/h1-9,11,13H,10,12,14-15H2,(H,23,27). The van der Waals surface area contributed by atoms with Crippen LogP contribution in [0.5, 0.6) is 0 Å². The summed E-state index contributed by atoms with van der Waals surface area (Å²) < 4.78 is 2.43. The molecule has 1 aromatic carbocycles. The SMILES string of the molecule is O=C(Cn1c(=O)n(Cc2cccs2)c(=O)c2cccnc21)NCCc1ccccc1. The number of nitrogens with zero attached hydrogens (tertiary/aromatic N) is 3. The van der Waals surface area contributed by atoms with E-state index in [-0.39, 0.29) is 24.6 Å².